The van der Waals surface area contributed by atoms with Gasteiger partial charge in [-0.2, -0.15) is 0 Å². The van der Waals surface area contributed by atoms with Crippen molar-refractivity contribution in [3.8, 4) is 5.75 Å². The molecular weight excluding hydrogens is 202 g/mol. The molecule has 0 bridgehead atoms. The Bertz CT molecular complexity index is 374. The van der Waals surface area contributed by atoms with Crippen LogP contribution in [0.15, 0.2) is 36.9 Å². The SMILES string of the molecule is C=CCCCN(C)C(=O)c1ccccc1O. The second-order valence-corrected chi connectivity index (χ2v) is 3.67. The average Bonchev–Trinajstić information content (AvgIpc) is 2.29. The molecule has 0 aliphatic carbocycles. The second-order valence-electron chi connectivity index (χ2n) is 3.67. The molecule has 1 aromatic rings. The number of rotatable bonds is 5. The first-order valence-electron chi connectivity index (χ1n) is 5.31. The van der Waals surface area contributed by atoms with Crippen LogP contribution < -0.4 is 0 Å². The molecule has 0 saturated carbocycles. The number of phenolic OH excluding ortho intramolecular Hbond substituents is 1. The highest BCUT2D eigenvalue weighted by Gasteiger charge is 2.14. The van der Waals surface area contributed by atoms with Crippen LogP contribution in [0.25, 0.3) is 0 Å². The molecule has 0 aromatic heterocycles. The van der Waals surface area contributed by atoms with Crippen LogP contribution in [-0.4, -0.2) is 29.5 Å². The van der Waals surface area contributed by atoms with E-state index >= 15 is 0 Å². The van der Waals surface area contributed by atoms with Crippen LogP contribution in [0.3, 0.4) is 0 Å². The van der Waals surface area contributed by atoms with E-state index < -0.39 is 0 Å². The summed E-state index contributed by atoms with van der Waals surface area (Å²) < 4.78 is 0. The number of hydrogen-bond donors (Lipinski definition) is 1. The molecule has 0 fully saturated rings. The number of phenols is 1. The third-order valence-electron chi connectivity index (χ3n) is 2.38. The van der Waals surface area contributed by atoms with Crippen LogP contribution >= 0.6 is 0 Å². The molecule has 0 atom stereocenters. The van der Waals surface area contributed by atoms with Crippen molar-refractivity contribution >= 4 is 5.91 Å². The fraction of sp³-hybridized carbons (Fsp3) is 0.308. The Morgan fingerprint density at radius 2 is 2.19 bits per heavy atom. The van der Waals surface area contributed by atoms with Gasteiger partial charge >= 0.3 is 0 Å². The minimum Gasteiger partial charge on any atom is -0.507 e. The molecule has 1 aromatic carbocycles. The monoisotopic (exact) mass is 219 g/mol. The minimum absolute atomic E-state index is 0.0306. The predicted octanol–water partition coefficient (Wildman–Crippen LogP) is 2.43. The number of unbranched alkanes of at least 4 members (excludes halogenated alkanes) is 1. The van der Waals surface area contributed by atoms with Crippen molar-refractivity contribution in [1.29, 1.82) is 0 Å². The molecule has 3 heteroatoms. The number of benzene rings is 1. The van der Waals surface area contributed by atoms with Gasteiger partial charge in [-0.3, -0.25) is 4.79 Å². The summed E-state index contributed by atoms with van der Waals surface area (Å²) in [6, 6.07) is 6.58. The van der Waals surface area contributed by atoms with E-state index in [2.05, 4.69) is 6.58 Å². The van der Waals surface area contributed by atoms with Gasteiger partial charge in [-0.25, -0.2) is 0 Å². The maximum atomic E-state index is 11.9. The van der Waals surface area contributed by atoms with Crippen molar-refractivity contribution in [3.63, 3.8) is 0 Å². The zero-order valence-electron chi connectivity index (χ0n) is 9.52. The molecule has 16 heavy (non-hydrogen) atoms. The molecule has 0 saturated heterocycles. The highest BCUT2D eigenvalue weighted by molar-refractivity contribution is 5.96. The summed E-state index contributed by atoms with van der Waals surface area (Å²) in [7, 11) is 1.73. The lowest BCUT2D eigenvalue weighted by atomic mass is 10.1. The Labute approximate surface area is 96.0 Å². The van der Waals surface area contributed by atoms with Crippen molar-refractivity contribution in [3.05, 3.63) is 42.5 Å². The van der Waals surface area contributed by atoms with Crippen molar-refractivity contribution in [2.45, 2.75) is 12.8 Å². The van der Waals surface area contributed by atoms with Gasteiger partial charge in [0.2, 0.25) is 0 Å². The van der Waals surface area contributed by atoms with Gasteiger partial charge in [0.05, 0.1) is 5.56 Å². The minimum atomic E-state index is -0.151. The second kappa shape index (κ2) is 5.95. The molecule has 1 amide bonds. The predicted molar refractivity (Wildman–Crippen MR) is 64.5 cm³/mol. The zero-order valence-corrected chi connectivity index (χ0v) is 9.52. The largest absolute Gasteiger partial charge is 0.507 e. The number of carbonyl (C=O) groups is 1. The van der Waals surface area contributed by atoms with Gasteiger partial charge in [-0.05, 0) is 25.0 Å². The summed E-state index contributed by atoms with van der Waals surface area (Å²) >= 11 is 0. The van der Waals surface area contributed by atoms with Gasteiger partial charge in [0, 0.05) is 13.6 Å². The quantitative estimate of drug-likeness (QED) is 0.610. The van der Waals surface area contributed by atoms with Gasteiger partial charge < -0.3 is 10.0 Å². The Morgan fingerprint density at radius 1 is 1.50 bits per heavy atom. The third kappa shape index (κ3) is 3.12. The summed E-state index contributed by atoms with van der Waals surface area (Å²) in [5, 5.41) is 9.54. The molecule has 0 aliphatic heterocycles. The Morgan fingerprint density at radius 3 is 2.81 bits per heavy atom. The number of nitrogens with zero attached hydrogens (tertiary/aromatic N) is 1. The van der Waals surface area contributed by atoms with Crippen LogP contribution in [-0.2, 0) is 0 Å². The number of amides is 1. The maximum Gasteiger partial charge on any atom is 0.257 e. The molecular formula is C13H17NO2. The molecule has 3 nitrogen and oxygen atoms in total. The molecule has 0 unspecified atom stereocenters. The van der Waals surface area contributed by atoms with E-state index in [1.807, 2.05) is 6.08 Å². The molecule has 0 aliphatic rings. The van der Waals surface area contributed by atoms with Crippen LogP contribution in [0.2, 0.25) is 0 Å². The number of para-hydroxylation sites is 1. The summed E-state index contributed by atoms with van der Waals surface area (Å²) in [6.45, 7) is 4.30. The fourth-order valence-electron chi connectivity index (χ4n) is 1.43. The highest BCUT2D eigenvalue weighted by atomic mass is 16.3. The van der Waals surface area contributed by atoms with E-state index in [4.69, 9.17) is 0 Å². The Hall–Kier alpha value is -1.77. The normalized spacial score (nSPS) is 9.81. The summed E-state index contributed by atoms with van der Waals surface area (Å²) in [5.74, 6) is -0.120. The van der Waals surface area contributed by atoms with Crippen molar-refractivity contribution in [1.82, 2.24) is 4.90 Å². The van der Waals surface area contributed by atoms with Crippen molar-refractivity contribution in [2.24, 2.45) is 0 Å². The van der Waals surface area contributed by atoms with Crippen LogP contribution in [0.4, 0.5) is 0 Å². The summed E-state index contributed by atoms with van der Waals surface area (Å²) in [4.78, 5) is 13.5. The lowest BCUT2D eigenvalue weighted by Crippen LogP contribution is -2.27. The van der Waals surface area contributed by atoms with E-state index in [-0.39, 0.29) is 11.7 Å². The number of allylic oxidation sites excluding steroid dienone is 1. The zero-order chi connectivity index (χ0) is 12.0. The van der Waals surface area contributed by atoms with Crippen LogP contribution in [0.1, 0.15) is 23.2 Å². The summed E-state index contributed by atoms with van der Waals surface area (Å²) in [5.41, 5.74) is 0.351. The smallest absolute Gasteiger partial charge is 0.257 e. The summed E-state index contributed by atoms with van der Waals surface area (Å²) in [6.07, 6.45) is 3.61. The lowest BCUT2D eigenvalue weighted by molar-refractivity contribution is 0.0791. The van der Waals surface area contributed by atoms with Gasteiger partial charge in [0.15, 0.2) is 0 Å². The van der Waals surface area contributed by atoms with Crippen molar-refractivity contribution in [2.75, 3.05) is 13.6 Å². The van der Waals surface area contributed by atoms with E-state index in [1.54, 1.807) is 30.1 Å². The number of hydrogen-bond acceptors (Lipinski definition) is 2. The van der Waals surface area contributed by atoms with Crippen LogP contribution in [0, 0.1) is 0 Å². The molecule has 0 spiro atoms. The van der Waals surface area contributed by atoms with Crippen molar-refractivity contribution < 1.29 is 9.90 Å². The van der Waals surface area contributed by atoms with Crippen LogP contribution in [0.5, 0.6) is 5.75 Å². The van der Waals surface area contributed by atoms with Gasteiger partial charge in [0.25, 0.3) is 5.91 Å². The highest BCUT2D eigenvalue weighted by Crippen LogP contribution is 2.17. The lowest BCUT2D eigenvalue weighted by Gasteiger charge is -2.17. The Balaban J connectivity index is 2.63. The molecule has 0 radical (unpaired) electrons. The molecule has 1 rings (SSSR count). The standard InChI is InChI=1S/C13H17NO2/c1-3-4-7-10-14(2)13(16)11-8-5-6-9-12(11)15/h3,5-6,8-9,15H,1,4,7,10H2,2H3. The van der Waals surface area contributed by atoms with Gasteiger partial charge in [-0.15, -0.1) is 6.58 Å². The first-order valence-corrected chi connectivity index (χ1v) is 5.31. The van der Waals surface area contributed by atoms with E-state index in [1.165, 1.54) is 6.07 Å². The van der Waals surface area contributed by atoms with E-state index in [0.717, 1.165) is 12.8 Å². The molecule has 1 N–H and O–H groups in total. The van der Waals surface area contributed by atoms with E-state index in [0.29, 0.717) is 12.1 Å². The molecule has 0 heterocycles. The number of carbonyl (C=O) groups excluding carboxylic acids is 1. The van der Waals surface area contributed by atoms with E-state index in [9.17, 15) is 9.90 Å². The van der Waals surface area contributed by atoms with Gasteiger partial charge in [0.1, 0.15) is 5.75 Å². The third-order valence-corrected chi connectivity index (χ3v) is 2.38. The first kappa shape index (κ1) is 12.3. The Kier molecular flexibility index (Phi) is 4.58. The van der Waals surface area contributed by atoms with Gasteiger partial charge in [-0.1, -0.05) is 18.2 Å². The average molecular weight is 219 g/mol. The maximum absolute atomic E-state index is 11.9. The molecule has 86 valence electrons. The first-order chi connectivity index (χ1) is 7.66. The fourth-order valence-corrected chi connectivity index (χ4v) is 1.43. The number of aromatic hydroxyl groups is 1. The topological polar surface area (TPSA) is 40.5 Å².